The lowest BCUT2D eigenvalue weighted by atomic mass is 9.89. The summed E-state index contributed by atoms with van der Waals surface area (Å²) in [7, 11) is 0. The Labute approximate surface area is 93.0 Å². The van der Waals surface area contributed by atoms with Gasteiger partial charge in [0.2, 0.25) is 0 Å². The number of hydrogen-bond donors (Lipinski definition) is 1. The zero-order valence-corrected chi connectivity index (χ0v) is 9.54. The predicted molar refractivity (Wildman–Crippen MR) is 61.3 cm³/mol. The van der Waals surface area contributed by atoms with Gasteiger partial charge >= 0.3 is 0 Å². The van der Waals surface area contributed by atoms with E-state index in [9.17, 15) is 0 Å². The molecule has 2 aliphatic carbocycles. The number of unbranched alkanes of at least 4 members (excludes halogenated alkanes) is 2. The van der Waals surface area contributed by atoms with Crippen molar-refractivity contribution in [2.24, 2.45) is 17.8 Å². The minimum absolute atomic E-state index is 0.718. The molecular formula is C13H22N2. The normalized spacial score (nSPS) is 33.1. The smallest absolute Gasteiger partial charge is 0.0621 e. The van der Waals surface area contributed by atoms with Gasteiger partial charge in [-0.15, -0.1) is 0 Å². The summed E-state index contributed by atoms with van der Waals surface area (Å²) in [5.74, 6) is 3.08. The fraction of sp³-hybridized carbons (Fsp3) is 0.923. The second-order valence-electron chi connectivity index (χ2n) is 5.25. The SMILES string of the molecule is N#CCCCCNCC1CC2CCC1C2. The topological polar surface area (TPSA) is 35.8 Å². The number of nitrogens with zero attached hydrogens (tertiary/aromatic N) is 1. The van der Waals surface area contributed by atoms with Crippen LogP contribution >= 0.6 is 0 Å². The van der Waals surface area contributed by atoms with Gasteiger partial charge in [-0.25, -0.2) is 0 Å². The lowest BCUT2D eigenvalue weighted by molar-refractivity contribution is 0.318. The summed E-state index contributed by atoms with van der Waals surface area (Å²) >= 11 is 0. The molecule has 84 valence electrons. The van der Waals surface area contributed by atoms with Crippen molar-refractivity contribution in [1.82, 2.24) is 5.32 Å². The van der Waals surface area contributed by atoms with E-state index in [-0.39, 0.29) is 0 Å². The molecule has 0 aromatic carbocycles. The molecule has 2 bridgehead atoms. The van der Waals surface area contributed by atoms with Gasteiger partial charge in [0.25, 0.3) is 0 Å². The van der Waals surface area contributed by atoms with E-state index in [4.69, 9.17) is 5.26 Å². The second-order valence-corrected chi connectivity index (χ2v) is 5.25. The standard InChI is InChI=1S/C13H22N2/c14-6-2-1-3-7-15-10-13-9-11-4-5-12(13)8-11/h11-13,15H,1-5,7-10H2. The van der Waals surface area contributed by atoms with Gasteiger partial charge in [0, 0.05) is 6.42 Å². The van der Waals surface area contributed by atoms with E-state index in [1.165, 1.54) is 32.2 Å². The lowest BCUT2D eigenvalue weighted by Crippen LogP contribution is -2.27. The summed E-state index contributed by atoms with van der Waals surface area (Å²) in [6.07, 6.45) is 8.93. The highest BCUT2D eigenvalue weighted by atomic mass is 14.9. The zero-order valence-electron chi connectivity index (χ0n) is 9.54. The van der Waals surface area contributed by atoms with E-state index < -0.39 is 0 Å². The van der Waals surface area contributed by atoms with Crippen molar-refractivity contribution in [1.29, 1.82) is 5.26 Å². The zero-order chi connectivity index (χ0) is 10.5. The highest BCUT2D eigenvalue weighted by Crippen LogP contribution is 2.47. The third kappa shape index (κ3) is 2.95. The first-order valence-electron chi connectivity index (χ1n) is 6.48. The van der Waals surface area contributed by atoms with E-state index in [1.54, 1.807) is 0 Å². The molecule has 0 aromatic rings. The summed E-state index contributed by atoms with van der Waals surface area (Å²) in [6, 6.07) is 2.19. The van der Waals surface area contributed by atoms with Gasteiger partial charge in [-0.3, -0.25) is 0 Å². The van der Waals surface area contributed by atoms with Gasteiger partial charge in [0.15, 0.2) is 0 Å². The van der Waals surface area contributed by atoms with Crippen molar-refractivity contribution in [3.05, 3.63) is 0 Å². The lowest BCUT2D eigenvalue weighted by Gasteiger charge is -2.21. The molecule has 0 amide bonds. The minimum atomic E-state index is 0.718. The van der Waals surface area contributed by atoms with Gasteiger partial charge in [0.1, 0.15) is 0 Å². The molecule has 0 spiro atoms. The first-order valence-corrected chi connectivity index (χ1v) is 6.48. The number of nitriles is 1. The average Bonchev–Trinajstić information content (AvgIpc) is 2.85. The fourth-order valence-corrected chi connectivity index (χ4v) is 3.37. The Hall–Kier alpha value is -0.550. The van der Waals surface area contributed by atoms with Crippen molar-refractivity contribution >= 4 is 0 Å². The third-order valence-electron chi connectivity index (χ3n) is 4.18. The molecule has 0 aliphatic heterocycles. The summed E-state index contributed by atoms with van der Waals surface area (Å²) in [4.78, 5) is 0. The van der Waals surface area contributed by atoms with Crippen LogP contribution in [0.25, 0.3) is 0 Å². The first-order chi connectivity index (χ1) is 7.40. The molecule has 3 unspecified atom stereocenters. The van der Waals surface area contributed by atoms with Gasteiger partial charge < -0.3 is 5.32 Å². The van der Waals surface area contributed by atoms with Crippen molar-refractivity contribution in [2.75, 3.05) is 13.1 Å². The number of nitrogens with one attached hydrogen (secondary N) is 1. The van der Waals surface area contributed by atoms with E-state index >= 15 is 0 Å². The van der Waals surface area contributed by atoms with Crippen LogP contribution < -0.4 is 5.32 Å². The Bertz CT molecular complexity index is 231. The Morgan fingerprint density at radius 1 is 1.20 bits per heavy atom. The van der Waals surface area contributed by atoms with Crippen LogP contribution in [0.1, 0.15) is 44.9 Å². The first kappa shape index (κ1) is 11.0. The van der Waals surface area contributed by atoms with Crippen LogP contribution in [0.15, 0.2) is 0 Å². The molecular weight excluding hydrogens is 184 g/mol. The number of fused-ring (bicyclic) bond motifs is 2. The van der Waals surface area contributed by atoms with Crippen molar-refractivity contribution in [3.63, 3.8) is 0 Å². The maximum absolute atomic E-state index is 8.40. The highest BCUT2D eigenvalue weighted by molar-refractivity contribution is 4.90. The van der Waals surface area contributed by atoms with E-state index in [1.807, 2.05) is 0 Å². The average molecular weight is 206 g/mol. The molecule has 2 aliphatic rings. The van der Waals surface area contributed by atoms with Crippen LogP contribution in [-0.4, -0.2) is 13.1 Å². The molecule has 15 heavy (non-hydrogen) atoms. The molecule has 0 heterocycles. The van der Waals surface area contributed by atoms with Crippen LogP contribution in [0, 0.1) is 29.1 Å². The van der Waals surface area contributed by atoms with Gasteiger partial charge in [-0.1, -0.05) is 6.42 Å². The van der Waals surface area contributed by atoms with Crippen molar-refractivity contribution < 1.29 is 0 Å². The molecule has 2 saturated carbocycles. The van der Waals surface area contributed by atoms with Crippen LogP contribution in [0.4, 0.5) is 0 Å². The quantitative estimate of drug-likeness (QED) is 0.678. The van der Waals surface area contributed by atoms with Crippen LogP contribution in [0.5, 0.6) is 0 Å². The molecule has 2 rings (SSSR count). The Morgan fingerprint density at radius 3 is 2.80 bits per heavy atom. The van der Waals surface area contributed by atoms with E-state index in [0.29, 0.717) is 0 Å². The fourth-order valence-electron chi connectivity index (χ4n) is 3.37. The maximum atomic E-state index is 8.40. The third-order valence-corrected chi connectivity index (χ3v) is 4.18. The molecule has 2 nitrogen and oxygen atoms in total. The Morgan fingerprint density at radius 2 is 2.13 bits per heavy atom. The number of hydrogen-bond acceptors (Lipinski definition) is 2. The molecule has 2 fully saturated rings. The Balaban J connectivity index is 1.50. The molecule has 0 saturated heterocycles. The Kier molecular flexibility index (Phi) is 4.02. The maximum Gasteiger partial charge on any atom is 0.0621 e. The van der Waals surface area contributed by atoms with Crippen LogP contribution in [-0.2, 0) is 0 Å². The summed E-state index contributed by atoms with van der Waals surface area (Å²) in [6.45, 7) is 2.34. The van der Waals surface area contributed by atoms with Crippen molar-refractivity contribution in [3.8, 4) is 6.07 Å². The number of rotatable bonds is 6. The van der Waals surface area contributed by atoms with Gasteiger partial charge in [0.05, 0.1) is 6.07 Å². The molecule has 0 radical (unpaired) electrons. The van der Waals surface area contributed by atoms with Crippen LogP contribution in [0.3, 0.4) is 0 Å². The van der Waals surface area contributed by atoms with E-state index in [0.717, 1.165) is 43.6 Å². The molecule has 0 aromatic heterocycles. The predicted octanol–water partition coefficient (Wildman–Crippen LogP) is 2.71. The van der Waals surface area contributed by atoms with Crippen LogP contribution in [0.2, 0.25) is 0 Å². The van der Waals surface area contributed by atoms with Gasteiger partial charge in [-0.05, 0) is 62.9 Å². The molecule has 3 atom stereocenters. The molecule has 1 N–H and O–H groups in total. The molecule has 2 heteroatoms. The van der Waals surface area contributed by atoms with Gasteiger partial charge in [-0.2, -0.15) is 5.26 Å². The highest BCUT2D eigenvalue weighted by Gasteiger charge is 2.38. The van der Waals surface area contributed by atoms with Crippen molar-refractivity contribution in [2.45, 2.75) is 44.9 Å². The minimum Gasteiger partial charge on any atom is -0.316 e. The summed E-state index contributed by atoms with van der Waals surface area (Å²) in [5, 5.41) is 12.0. The van der Waals surface area contributed by atoms with E-state index in [2.05, 4.69) is 11.4 Å². The second kappa shape index (κ2) is 5.51. The summed E-state index contributed by atoms with van der Waals surface area (Å²) in [5.41, 5.74) is 0. The monoisotopic (exact) mass is 206 g/mol. The largest absolute Gasteiger partial charge is 0.316 e. The summed E-state index contributed by atoms with van der Waals surface area (Å²) < 4.78 is 0.